The predicted octanol–water partition coefficient (Wildman–Crippen LogP) is 2.21. The fourth-order valence-electron chi connectivity index (χ4n) is 1.09. The molecule has 0 fully saturated rings. The summed E-state index contributed by atoms with van der Waals surface area (Å²) in [4.78, 5) is 0. The summed E-state index contributed by atoms with van der Waals surface area (Å²) in [6.45, 7) is 0.433. The van der Waals surface area contributed by atoms with Crippen molar-refractivity contribution in [2.24, 2.45) is 0 Å². The number of nitrogens with one attached hydrogen (secondary N) is 1. The van der Waals surface area contributed by atoms with Gasteiger partial charge in [0, 0.05) is 23.2 Å². The highest BCUT2D eigenvalue weighted by Crippen LogP contribution is 2.25. The van der Waals surface area contributed by atoms with Crippen LogP contribution in [0, 0.1) is 5.82 Å². The van der Waals surface area contributed by atoms with Gasteiger partial charge in [-0.1, -0.05) is 11.6 Å². The summed E-state index contributed by atoms with van der Waals surface area (Å²) < 4.78 is 18.2. The minimum atomic E-state index is -0.360. The lowest BCUT2D eigenvalue weighted by Gasteiger charge is -2.07. The summed E-state index contributed by atoms with van der Waals surface area (Å²) >= 11 is 5.76. The topological polar surface area (TPSA) is 21.3 Å². The first-order valence-electron chi connectivity index (χ1n) is 3.85. The van der Waals surface area contributed by atoms with E-state index in [0.717, 1.165) is 0 Å². The molecule has 4 heteroatoms. The van der Waals surface area contributed by atoms with Crippen molar-refractivity contribution in [1.29, 1.82) is 0 Å². The van der Waals surface area contributed by atoms with Gasteiger partial charge >= 0.3 is 0 Å². The molecule has 0 aliphatic carbocycles. The zero-order valence-electron chi connectivity index (χ0n) is 7.53. The maximum absolute atomic E-state index is 13.4. The lowest BCUT2D eigenvalue weighted by atomic mass is 10.2. The number of hydrogen-bond acceptors (Lipinski definition) is 2. The van der Waals surface area contributed by atoms with E-state index in [0.29, 0.717) is 17.1 Å². The van der Waals surface area contributed by atoms with Crippen LogP contribution in [0.2, 0.25) is 5.02 Å². The zero-order chi connectivity index (χ0) is 9.84. The molecule has 0 saturated heterocycles. The normalized spacial score (nSPS) is 10.2. The van der Waals surface area contributed by atoms with Crippen LogP contribution in [0.4, 0.5) is 4.39 Å². The second-order valence-corrected chi connectivity index (χ2v) is 3.05. The molecule has 1 aromatic rings. The highest BCUT2D eigenvalue weighted by atomic mass is 35.5. The molecular weight excluding hydrogens is 193 g/mol. The van der Waals surface area contributed by atoms with Gasteiger partial charge < -0.3 is 10.1 Å². The SMILES string of the molecule is CNCc1cc(Cl)cc(OC)c1F. The zero-order valence-corrected chi connectivity index (χ0v) is 8.28. The molecule has 0 amide bonds. The number of hydrogen-bond donors (Lipinski definition) is 1. The minimum absolute atomic E-state index is 0.178. The number of methoxy groups -OCH3 is 1. The molecule has 0 aromatic heterocycles. The van der Waals surface area contributed by atoms with Crippen molar-refractivity contribution >= 4 is 11.6 Å². The fraction of sp³-hybridized carbons (Fsp3) is 0.333. The first-order chi connectivity index (χ1) is 6.19. The molecule has 1 aromatic carbocycles. The molecule has 0 aliphatic heterocycles. The summed E-state index contributed by atoms with van der Waals surface area (Å²) in [6, 6.07) is 3.03. The minimum Gasteiger partial charge on any atom is -0.494 e. The Morgan fingerprint density at radius 2 is 2.23 bits per heavy atom. The molecule has 0 aliphatic rings. The van der Waals surface area contributed by atoms with Gasteiger partial charge in [0.05, 0.1) is 7.11 Å². The Bertz CT molecular complexity index is 304. The average Bonchev–Trinajstić information content (AvgIpc) is 2.11. The summed E-state index contributed by atoms with van der Waals surface area (Å²) in [5.41, 5.74) is 0.506. The van der Waals surface area contributed by atoms with E-state index in [2.05, 4.69) is 5.32 Å². The van der Waals surface area contributed by atoms with Gasteiger partial charge in [-0.3, -0.25) is 0 Å². The molecule has 1 N–H and O–H groups in total. The molecule has 0 atom stereocenters. The number of ether oxygens (including phenoxy) is 1. The lowest BCUT2D eigenvalue weighted by molar-refractivity contribution is 0.383. The van der Waals surface area contributed by atoms with E-state index in [1.54, 1.807) is 13.1 Å². The molecular formula is C9H11ClFNO. The van der Waals surface area contributed by atoms with Crippen molar-refractivity contribution in [1.82, 2.24) is 5.32 Å². The van der Waals surface area contributed by atoms with Gasteiger partial charge in [-0.25, -0.2) is 4.39 Å². The standard InChI is InChI=1S/C9H11ClFNO/c1-12-5-6-3-7(10)4-8(13-2)9(6)11/h3-4,12H,5H2,1-2H3. The van der Waals surface area contributed by atoms with E-state index in [4.69, 9.17) is 16.3 Å². The van der Waals surface area contributed by atoms with Crippen molar-refractivity contribution in [3.05, 3.63) is 28.5 Å². The Hall–Kier alpha value is -0.800. The highest BCUT2D eigenvalue weighted by molar-refractivity contribution is 6.30. The third kappa shape index (κ3) is 2.32. The number of benzene rings is 1. The van der Waals surface area contributed by atoms with Crippen molar-refractivity contribution in [2.75, 3.05) is 14.2 Å². The Morgan fingerprint density at radius 3 is 2.77 bits per heavy atom. The number of halogens is 2. The van der Waals surface area contributed by atoms with Gasteiger partial charge in [0.2, 0.25) is 0 Å². The molecule has 0 unspecified atom stereocenters. The predicted molar refractivity (Wildman–Crippen MR) is 50.7 cm³/mol. The van der Waals surface area contributed by atoms with Crippen molar-refractivity contribution in [2.45, 2.75) is 6.54 Å². The summed E-state index contributed by atoms with van der Waals surface area (Å²) in [7, 11) is 3.16. The van der Waals surface area contributed by atoms with Crippen molar-refractivity contribution in [3.8, 4) is 5.75 Å². The lowest BCUT2D eigenvalue weighted by Crippen LogP contribution is -2.07. The first kappa shape index (κ1) is 10.3. The second-order valence-electron chi connectivity index (χ2n) is 2.61. The Labute approximate surface area is 81.7 Å². The van der Waals surface area contributed by atoms with Crippen LogP contribution in [0.15, 0.2) is 12.1 Å². The molecule has 0 heterocycles. The Balaban J connectivity index is 3.11. The number of rotatable bonds is 3. The summed E-state index contributed by atoms with van der Waals surface area (Å²) in [5, 5.41) is 3.32. The Kier molecular flexibility index (Phi) is 3.51. The van der Waals surface area contributed by atoms with Gasteiger partial charge in [0.25, 0.3) is 0 Å². The van der Waals surface area contributed by atoms with Gasteiger partial charge in [0.15, 0.2) is 11.6 Å². The maximum Gasteiger partial charge on any atom is 0.169 e. The molecule has 72 valence electrons. The average molecular weight is 204 g/mol. The van der Waals surface area contributed by atoms with E-state index in [9.17, 15) is 4.39 Å². The van der Waals surface area contributed by atoms with E-state index < -0.39 is 0 Å². The summed E-state index contributed by atoms with van der Waals surface area (Å²) in [6.07, 6.45) is 0. The van der Waals surface area contributed by atoms with Crippen LogP contribution < -0.4 is 10.1 Å². The van der Waals surface area contributed by atoms with E-state index in [1.165, 1.54) is 13.2 Å². The third-order valence-corrected chi connectivity index (χ3v) is 1.88. The van der Waals surface area contributed by atoms with Crippen molar-refractivity contribution in [3.63, 3.8) is 0 Å². The van der Waals surface area contributed by atoms with Crippen LogP contribution in [0.3, 0.4) is 0 Å². The molecule has 0 radical (unpaired) electrons. The summed E-state index contributed by atoms with van der Waals surface area (Å²) in [5.74, 6) is -0.181. The van der Waals surface area contributed by atoms with E-state index in [-0.39, 0.29) is 11.6 Å². The quantitative estimate of drug-likeness (QED) is 0.814. The molecule has 13 heavy (non-hydrogen) atoms. The van der Waals surface area contributed by atoms with Crippen LogP contribution in [-0.2, 0) is 6.54 Å². The van der Waals surface area contributed by atoms with Crippen molar-refractivity contribution < 1.29 is 9.13 Å². The molecule has 0 spiro atoms. The van der Waals surface area contributed by atoms with Crippen LogP contribution in [0.25, 0.3) is 0 Å². The van der Waals surface area contributed by atoms with Crippen LogP contribution in [0.5, 0.6) is 5.75 Å². The molecule has 0 bridgehead atoms. The van der Waals surface area contributed by atoms with Gasteiger partial charge in [0.1, 0.15) is 0 Å². The maximum atomic E-state index is 13.4. The molecule has 1 rings (SSSR count). The highest BCUT2D eigenvalue weighted by Gasteiger charge is 2.09. The van der Waals surface area contributed by atoms with Crippen LogP contribution >= 0.6 is 11.6 Å². The first-order valence-corrected chi connectivity index (χ1v) is 4.23. The second kappa shape index (κ2) is 4.44. The molecule has 0 saturated carbocycles. The largest absolute Gasteiger partial charge is 0.494 e. The van der Waals surface area contributed by atoms with Gasteiger partial charge in [-0.2, -0.15) is 0 Å². The Morgan fingerprint density at radius 1 is 1.54 bits per heavy atom. The van der Waals surface area contributed by atoms with Crippen LogP contribution in [0.1, 0.15) is 5.56 Å². The van der Waals surface area contributed by atoms with Crippen LogP contribution in [-0.4, -0.2) is 14.2 Å². The fourth-order valence-corrected chi connectivity index (χ4v) is 1.32. The van der Waals surface area contributed by atoms with E-state index in [1.807, 2.05) is 0 Å². The van der Waals surface area contributed by atoms with E-state index >= 15 is 0 Å². The third-order valence-electron chi connectivity index (χ3n) is 1.67. The van der Waals surface area contributed by atoms with Gasteiger partial charge in [-0.15, -0.1) is 0 Å². The molecule has 2 nitrogen and oxygen atoms in total. The monoisotopic (exact) mass is 203 g/mol. The smallest absolute Gasteiger partial charge is 0.169 e. The van der Waals surface area contributed by atoms with Gasteiger partial charge in [-0.05, 0) is 13.1 Å².